The number of benzene rings is 1. The minimum Gasteiger partial charge on any atom is -0.465 e. The van der Waals surface area contributed by atoms with Crippen molar-refractivity contribution >= 4 is 23.6 Å². The maximum absolute atomic E-state index is 12.9. The van der Waals surface area contributed by atoms with E-state index in [9.17, 15) is 9.59 Å². The number of nitrogens with one attached hydrogen (secondary N) is 1. The number of esters is 1. The molecule has 0 unspecified atom stereocenters. The molecule has 3 aromatic rings. The van der Waals surface area contributed by atoms with Crippen LogP contribution < -0.4 is 5.32 Å². The smallest absolute Gasteiger partial charge is 0.357 e. The Kier molecular flexibility index (Phi) is 5.69. The van der Waals surface area contributed by atoms with E-state index in [4.69, 9.17) is 9.15 Å². The molecule has 9 heteroatoms. The summed E-state index contributed by atoms with van der Waals surface area (Å²) in [5.41, 5.74) is 0.744. The number of carbonyl (C=O) groups is 2. The van der Waals surface area contributed by atoms with Crippen LogP contribution in [-0.2, 0) is 14.3 Å². The van der Waals surface area contributed by atoms with Crippen molar-refractivity contribution < 1.29 is 18.7 Å². The minimum absolute atomic E-state index is 0.0249. The second-order valence-corrected chi connectivity index (χ2v) is 7.10. The molecule has 2 aromatic heterocycles. The number of hydrogen-bond acceptors (Lipinski definition) is 7. The lowest BCUT2D eigenvalue weighted by molar-refractivity contribution is -0.143. The lowest BCUT2D eigenvalue weighted by Gasteiger charge is -2.13. The fourth-order valence-electron chi connectivity index (χ4n) is 3.05. The van der Waals surface area contributed by atoms with Gasteiger partial charge in [0.1, 0.15) is 5.76 Å². The van der Waals surface area contributed by atoms with Gasteiger partial charge in [0.25, 0.3) is 5.91 Å². The van der Waals surface area contributed by atoms with Crippen molar-refractivity contribution in [1.82, 2.24) is 25.5 Å². The summed E-state index contributed by atoms with van der Waals surface area (Å²) in [5, 5.41) is 14.5. The van der Waals surface area contributed by atoms with Crippen molar-refractivity contribution in [2.45, 2.75) is 25.8 Å². The summed E-state index contributed by atoms with van der Waals surface area (Å²) in [6.45, 7) is 1.56. The summed E-state index contributed by atoms with van der Waals surface area (Å²) in [6.07, 6.45) is 5.17. The molecule has 2 heterocycles. The number of nitrogens with zero attached hydrogens (tertiary/aromatic N) is 4. The first-order valence-corrected chi connectivity index (χ1v) is 9.67. The second-order valence-electron chi connectivity index (χ2n) is 7.10. The fourth-order valence-corrected chi connectivity index (χ4v) is 3.05. The van der Waals surface area contributed by atoms with Gasteiger partial charge in [-0.15, -0.1) is 5.10 Å². The molecule has 1 aliphatic rings. The van der Waals surface area contributed by atoms with Crippen molar-refractivity contribution in [2.75, 3.05) is 6.61 Å². The Balaban J connectivity index is 1.55. The summed E-state index contributed by atoms with van der Waals surface area (Å²) < 4.78 is 11.8. The molecule has 30 heavy (non-hydrogen) atoms. The van der Waals surface area contributed by atoms with Gasteiger partial charge in [-0.3, -0.25) is 4.79 Å². The molecule has 1 N–H and O–H groups in total. The Bertz CT molecular complexity index is 1040. The molecule has 1 aliphatic carbocycles. The van der Waals surface area contributed by atoms with Crippen LogP contribution in [0.3, 0.4) is 0 Å². The maximum Gasteiger partial charge on any atom is 0.357 e. The Hall–Kier alpha value is -3.75. The molecule has 0 bridgehead atoms. The van der Waals surface area contributed by atoms with Crippen molar-refractivity contribution in [1.29, 1.82) is 0 Å². The van der Waals surface area contributed by atoms with Crippen molar-refractivity contribution in [3.63, 3.8) is 0 Å². The first-order valence-electron chi connectivity index (χ1n) is 9.67. The van der Waals surface area contributed by atoms with E-state index in [2.05, 4.69) is 20.8 Å². The van der Waals surface area contributed by atoms with Crippen LogP contribution in [0.4, 0.5) is 0 Å². The normalized spacial score (nSPS) is 14.9. The van der Waals surface area contributed by atoms with Crippen molar-refractivity contribution in [3.05, 3.63) is 54.5 Å². The van der Waals surface area contributed by atoms with Gasteiger partial charge in [-0.05, 0) is 48.2 Å². The maximum atomic E-state index is 12.9. The number of furan rings is 1. The van der Waals surface area contributed by atoms with Gasteiger partial charge >= 0.3 is 5.97 Å². The van der Waals surface area contributed by atoms with Gasteiger partial charge in [-0.25, -0.2) is 4.79 Å². The average molecular weight is 407 g/mol. The van der Waals surface area contributed by atoms with Gasteiger partial charge in [-0.1, -0.05) is 30.3 Å². The number of tetrazole rings is 1. The minimum atomic E-state index is -0.745. The topological polar surface area (TPSA) is 112 Å². The van der Waals surface area contributed by atoms with Crippen LogP contribution in [0.1, 0.15) is 25.5 Å². The van der Waals surface area contributed by atoms with Crippen LogP contribution in [0.25, 0.3) is 23.2 Å². The van der Waals surface area contributed by atoms with Crippen LogP contribution in [0, 0.1) is 5.92 Å². The first-order chi connectivity index (χ1) is 14.6. The quantitative estimate of drug-likeness (QED) is 0.451. The van der Waals surface area contributed by atoms with Crippen molar-refractivity contribution in [2.24, 2.45) is 5.92 Å². The first kappa shape index (κ1) is 19.6. The zero-order chi connectivity index (χ0) is 20.9. The van der Waals surface area contributed by atoms with E-state index in [0.717, 1.165) is 18.4 Å². The number of aromatic nitrogens is 4. The molecular formula is C21H21N5O4. The Labute approximate surface area is 172 Å². The van der Waals surface area contributed by atoms with Gasteiger partial charge in [0.2, 0.25) is 0 Å². The highest BCUT2D eigenvalue weighted by molar-refractivity contribution is 6.15. The van der Waals surface area contributed by atoms with E-state index >= 15 is 0 Å². The van der Waals surface area contributed by atoms with Crippen molar-refractivity contribution in [3.8, 4) is 11.4 Å². The molecule has 9 nitrogen and oxygen atoms in total. The SMILES string of the molecule is C[C@H](NC(=O)COC(=O)/C(=C/c1ccco1)n1nnnc1-c1ccccc1)C1CC1. The molecular weight excluding hydrogens is 386 g/mol. The summed E-state index contributed by atoms with van der Waals surface area (Å²) in [6, 6.07) is 12.6. The number of ether oxygens (including phenoxy) is 1. The van der Waals surface area contributed by atoms with Gasteiger partial charge < -0.3 is 14.5 Å². The summed E-state index contributed by atoms with van der Waals surface area (Å²) in [4.78, 5) is 25.0. The van der Waals surface area contributed by atoms with Gasteiger partial charge in [0, 0.05) is 17.7 Å². The second kappa shape index (κ2) is 8.73. The Morgan fingerprint density at radius 2 is 2.07 bits per heavy atom. The highest BCUT2D eigenvalue weighted by Crippen LogP contribution is 2.32. The molecule has 1 fully saturated rings. The molecule has 1 saturated carbocycles. The number of carbonyl (C=O) groups excluding carboxylic acids is 2. The molecule has 4 rings (SSSR count). The third-order valence-electron chi connectivity index (χ3n) is 4.81. The molecule has 0 spiro atoms. The van der Waals surface area contributed by atoms with Gasteiger partial charge in [0.05, 0.1) is 6.26 Å². The third-order valence-corrected chi connectivity index (χ3v) is 4.81. The predicted molar refractivity (Wildman–Crippen MR) is 107 cm³/mol. The Morgan fingerprint density at radius 1 is 1.27 bits per heavy atom. The lowest BCUT2D eigenvalue weighted by Crippen LogP contribution is -2.37. The van der Waals surface area contributed by atoms with Crippen LogP contribution in [0.15, 0.2) is 53.1 Å². The predicted octanol–water partition coefficient (Wildman–Crippen LogP) is 2.39. The fraction of sp³-hybridized carbons (Fsp3) is 0.286. The third kappa shape index (κ3) is 4.62. The van der Waals surface area contributed by atoms with E-state index in [0.29, 0.717) is 17.5 Å². The molecule has 1 amide bonds. The zero-order valence-corrected chi connectivity index (χ0v) is 16.4. The highest BCUT2D eigenvalue weighted by Gasteiger charge is 2.29. The highest BCUT2D eigenvalue weighted by atomic mass is 16.5. The van der Waals surface area contributed by atoms with Crippen LogP contribution in [-0.4, -0.2) is 44.7 Å². The van der Waals surface area contributed by atoms with E-state index < -0.39 is 12.6 Å². The van der Waals surface area contributed by atoms with E-state index in [1.807, 2.05) is 37.3 Å². The lowest BCUT2D eigenvalue weighted by atomic mass is 10.2. The summed E-state index contributed by atoms with van der Waals surface area (Å²) >= 11 is 0. The standard InChI is InChI=1S/C21H21N5O4/c1-14(15-9-10-15)22-19(27)13-30-21(28)18(12-17-8-5-11-29-17)26-20(23-24-25-26)16-6-3-2-4-7-16/h2-8,11-12,14-15H,9-10,13H2,1H3,(H,22,27)/b18-12-/t14-/m0/s1. The zero-order valence-electron chi connectivity index (χ0n) is 16.4. The van der Waals surface area contributed by atoms with Crippen LogP contribution in [0.2, 0.25) is 0 Å². The summed E-state index contributed by atoms with van der Waals surface area (Å²) in [5.74, 6) is 0.194. The van der Waals surface area contributed by atoms with Crippen LogP contribution >= 0.6 is 0 Å². The molecule has 0 saturated heterocycles. The van der Waals surface area contributed by atoms with E-state index in [1.54, 1.807) is 12.1 Å². The largest absolute Gasteiger partial charge is 0.465 e. The van der Waals surface area contributed by atoms with Gasteiger partial charge in [0.15, 0.2) is 18.1 Å². The van der Waals surface area contributed by atoms with Crippen LogP contribution in [0.5, 0.6) is 0 Å². The summed E-state index contributed by atoms with van der Waals surface area (Å²) in [7, 11) is 0. The van der Waals surface area contributed by atoms with E-state index in [1.165, 1.54) is 17.0 Å². The van der Waals surface area contributed by atoms with E-state index in [-0.39, 0.29) is 17.6 Å². The molecule has 0 radical (unpaired) electrons. The molecule has 0 aliphatic heterocycles. The van der Waals surface area contributed by atoms with Gasteiger partial charge in [-0.2, -0.15) is 4.68 Å². The number of rotatable bonds is 8. The molecule has 1 atom stereocenters. The number of hydrogen-bond donors (Lipinski definition) is 1. The number of amides is 1. The molecule has 1 aromatic carbocycles. The molecule has 154 valence electrons. The monoisotopic (exact) mass is 407 g/mol. The average Bonchev–Trinajstić information content (AvgIpc) is 3.28. The Morgan fingerprint density at radius 3 is 2.77 bits per heavy atom.